The van der Waals surface area contributed by atoms with Gasteiger partial charge in [0.15, 0.2) is 0 Å². The Morgan fingerprint density at radius 2 is 2.16 bits per heavy atom. The van der Waals surface area contributed by atoms with E-state index >= 15 is 0 Å². The molecule has 0 bridgehead atoms. The van der Waals surface area contributed by atoms with Gasteiger partial charge in [0.2, 0.25) is 0 Å². The molecule has 19 heavy (non-hydrogen) atoms. The third-order valence-electron chi connectivity index (χ3n) is 4.50. The first kappa shape index (κ1) is 12.5. The Balaban J connectivity index is 2.04. The number of rotatable bonds is 3. The van der Waals surface area contributed by atoms with Gasteiger partial charge in [0.1, 0.15) is 5.75 Å². The van der Waals surface area contributed by atoms with Gasteiger partial charge < -0.3 is 4.74 Å². The molecule has 0 spiro atoms. The summed E-state index contributed by atoms with van der Waals surface area (Å²) in [5.41, 5.74) is 6.20. The lowest BCUT2D eigenvalue weighted by Crippen LogP contribution is -2.10. The molecule has 0 unspecified atom stereocenters. The van der Waals surface area contributed by atoms with Crippen molar-refractivity contribution in [3.05, 3.63) is 47.1 Å². The predicted molar refractivity (Wildman–Crippen MR) is 80.4 cm³/mol. The van der Waals surface area contributed by atoms with Crippen LogP contribution in [0.15, 0.2) is 35.9 Å². The summed E-state index contributed by atoms with van der Waals surface area (Å²) < 4.78 is 5.35. The minimum Gasteiger partial charge on any atom is -0.497 e. The lowest BCUT2D eigenvalue weighted by atomic mass is 9.79. The molecule has 0 fully saturated rings. The molecule has 1 aromatic carbocycles. The highest BCUT2D eigenvalue weighted by atomic mass is 16.5. The van der Waals surface area contributed by atoms with Crippen molar-refractivity contribution in [2.24, 2.45) is 5.92 Å². The number of fused-ring (bicyclic) bond motifs is 1. The molecule has 3 rings (SSSR count). The Labute approximate surface area is 116 Å². The lowest BCUT2D eigenvalue weighted by Gasteiger charge is -2.26. The van der Waals surface area contributed by atoms with Crippen LogP contribution in [-0.4, -0.2) is 7.11 Å². The van der Waals surface area contributed by atoms with Crippen LogP contribution in [0, 0.1) is 5.92 Å². The predicted octanol–water partition coefficient (Wildman–Crippen LogP) is 4.77. The third-order valence-corrected chi connectivity index (χ3v) is 4.50. The largest absolute Gasteiger partial charge is 0.497 e. The fourth-order valence-electron chi connectivity index (χ4n) is 3.54. The smallest absolute Gasteiger partial charge is 0.119 e. The Morgan fingerprint density at radius 3 is 2.84 bits per heavy atom. The molecular formula is C18H22O. The molecule has 0 saturated heterocycles. The monoisotopic (exact) mass is 254 g/mol. The van der Waals surface area contributed by atoms with Gasteiger partial charge in [0, 0.05) is 0 Å². The number of hydrogen-bond donors (Lipinski definition) is 0. The van der Waals surface area contributed by atoms with E-state index in [4.69, 9.17) is 4.74 Å². The zero-order valence-corrected chi connectivity index (χ0v) is 11.9. The molecule has 1 heteroatoms. The van der Waals surface area contributed by atoms with E-state index in [1.807, 2.05) is 0 Å². The fraction of sp³-hybridized carbons (Fsp3) is 0.444. The Bertz CT molecular complexity index is 537. The molecule has 0 N–H and O–H groups in total. The van der Waals surface area contributed by atoms with E-state index in [9.17, 15) is 0 Å². The van der Waals surface area contributed by atoms with Crippen molar-refractivity contribution in [3.8, 4) is 5.75 Å². The van der Waals surface area contributed by atoms with Crippen LogP contribution in [0.2, 0.25) is 0 Å². The fourth-order valence-corrected chi connectivity index (χ4v) is 3.54. The highest BCUT2D eigenvalue weighted by Crippen LogP contribution is 2.41. The molecule has 0 heterocycles. The summed E-state index contributed by atoms with van der Waals surface area (Å²) in [5, 5.41) is 0. The number of benzene rings is 1. The highest BCUT2D eigenvalue weighted by Gasteiger charge is 2.23. The summed E-state index contributed by atoms with van der Waals surface area (Å²) in [4.78, 5) is 0. The van der Waals surface area contributed by atoms with Gasteiger partial charge in [0.05, 0.1) is 7.11 Å². The molecule has 2 aliphatic rings. The zero-order chi connectivity index (χ0) is 13.2. The molecular weight excluding hydrogens is 232 g/mol. The van der Waals surface area contributed by atoms with E-state index in [1.165, 1.54) is 30.4 Å². The molecule has 0 aromatic heterocycles. The van der Waals surface area contributed by atoms with Crippen molar-refractivity contribution in [3.63, 3.8) is 0 Å². The van der Waals surface area contributed by atoms with Crippen molar-refractivity contribution in [1.82, 2.24) is 0 Å². The second-order valence-corrected chi connectivity index (χ2v) is 5.49. The van der Waals surface area contributed by atoms with Gasteiger partial charge in [-0.2, -0.15) is 0 Å². The Hall–Kier alpha value is -1.50. The zero-order valence-electron chi connectivity index (χ0n) is 11.9. The van der Waals surface area contributed by atoms with Crippen molar-refractivity contribution in [2.75, 3.05) is 7.11 Å². The molecule has 0 amide bonds. The van der Waals surface area contributed by atoms with Gasteiger partial charge in [-0.15, -0.1) is 0 Å². The van der Waals surface area contributed by atoms with Crippen LogP contribution < -0.4 is 4.74 Å². The van der Waals surface area contributed by atoms with E-state index in [0.29, 0.717) is 5.92 Å². The van der Waals surface area contributed by atoms with Crippen molar-refractivity contribution in [1.29, 1.82) is 0 Å². The van der Waals surface area contributed by atoms with Crippen LogP contribution in [0.3, 0.4) is 0 Å². The highest BCUT2D eigenvalue weighted by molar-refractivity contribution is 5.74. The van der Waals surface area contributed by atoms with E-state index in [1.54, 1.807) is 18.3 Å². The molecule has 100 valence electrons. The van der Waals surface area contributed by atoms with Crippen LogP contribution in [0.5, 0.6) is 5.75 Å². The third kappa shape index (κ3) is 2.22. The molecule has 1 aromatic rings. The van der Waals surface area contributed by atoms with Gasteiger partial charge in [-0.05, 0) is 66.9 Å². The van der Waals surface area contributed by atoms with Gasteiger partial charge in [-0.1, -0.05) is 30.7 Å². The normalized spacial score (nSPS) is 21.7. The minimum atomic E-state index is 0.699. The average molecular weight is 254 g/mol. The second kappa shape index (κ2) is 5.24. The van der Waals surface area contributed by atoms with Gasteiger partial charge in [-0.3, -0.25) is 0 Å². The van der Waals surface area contributed by atoms with E-state index in [0.717, 1.165) is 18.6 Å². The Kier molecular flexibility index (Phi) is 3.46. The van der Waals surface area contributed by atoms with Crippen LogP contribution >= 0.6 is 0 Å². The van der Waals surface area contributed by atoms with Crippen molar-refractivity contribution >= 4 is 5.57 Å². The Morgan fingerprint density at radius 1 is 1.26 bits per heavy atom. The molecule has 0 saturated carbocycles. The summed E-state index contributed by atoms with van der Waals surface area (Å²) in [5.74, 6) is 1.68. The average Bonchev–Trinajstić information content (AvgIpc) is 2.99. The maximum absolute atomic E-state index is 5.35. The molecule has 2 aliphatic carbocycles. The van der Waals surface area contributed by atoms with Gasteiger partial charge in [-0.25, -0.2) is 0 Å². The first-order valence-electron chi connectivity index (χ1n) is 7.39. The maximum atomic E-state index is 5.35. The molecule has 0 radical (unpaired) electrons. The van der Waals surface area contributed by atoms with Crippen LogP contribution in [0.4, 0.5) is 0 Å². The van der Waals surface area contributed by atoms with Crippen molar-refractivity contribution in [2.45, 2.75) is 39.0 Å². The number of aryl methyl sites for hydroxylation is 1. The molecule has 0 aliphatic heterocycles. The summed E-state index contributed by atoms with van der Waals surface area (Å²) in [7, 11) is 1.75. The number of ether oxygens (including phenoxy) is 1. The van der Waals surface area contributed by atoms with E-state index < -0.39 is 0 Å². The number of methoxy groups -OCH3 is 1. The SMILES string of the molecule is CCC1=C([C@H]2C=CCC2)CCc2cc(OC)ccc21. The second-order valence-electron chi connectivity index (χ2n) is 5.49. The summed E-state index contributed by atoms with van der Waals surface area (Å²) >= 11 is 0. The first-order valence-corrected chi connectivity index (χ1v) is 7.39. The topological polar surface area (TPSA) is 9.23 Å². The maximum Gasteiger partial charge on any atom is 0.119 e. The van der Waals surface area contributed by atoms with E-state index in [-0.39, 0.29) is 0 Å². The lowest BCUT2D eigenvalue weighted by molar-refractivity contribution is 0.414. The number of allylic oxidation sites excluding steroid dienone is 4. The van der Waals surface area contributed by atoms with Crippen molar-refractivity contribution < 1.29 is 4.74 Å². The van der Waals surface area contributed by atoms with Crippen LogP contribution in [0.1, 0.15) is 43.7 Å². The molecule has 1 atom stereocenters. The van der Waals surface area contributed by atoms with Crippen LogP contribution in [0.25, 0.3) is 5.57 Å². The van der Waals surface area contributed by atoms with Gasteiger partial charge >= 0.3 is 0 Å². The van der Waals surface area contributed by atoms with Crippen LogP contribution in [-0.2, 0) is 6.42 Å². The standard InChI is InChI=1S/C18H22O/c1-3-16-17(13-6-4-5-7-13)10-8-14-12-15(19-2)9-11-18(14)16/h4,6,9,11-13H,3,5,7-8,10H2,1-2H3/t13-/m0/s1. The quantitative estimate of drug-likeness (QED) is 0.706. The molecule has 1 nitrogen and oxygen atoms in total. The summed E-state index contributed by atoms with van der Waals surface area (Å²) in [6, 6.07) is 6.57. The minimum absolute atomic E-state index is 0.699. The first-order chi connectivity index (χ1) is 9.33. The van der Waals surface area contributed by atoms with E-state index in [2.05, 4.69) is 37.3 Å². The number of hydrogen-bond acceptors (Lipinski definition) is 1. The van der Waals surface area contributed by atoms with Gasteiger partial charge in [0.25, 0.3) is 0 Å². The summed E-state index contributed by atoms with van der Waals surface area (Å²) in [6.07, 6.45) is 10.8. The summed E-state index contributed by atoms with van der Waals surface area (Å²) in [6.45, 7) is 2.29.